The summed E-state index contributed by atoms with van der Waals surface area (Å²) in [6.45, 7) is 1.20. The molecule has 1 saturated heterocycles. The van der Waals surface area contributed by atoms with Gasteiger partial charge in [0.25, 0.3) is 5.91 Å². The first kappa shape index (κ1) is 20.5. The molecule has 3 aromatic rings. The van der Waals surface area contributed by atoms with Gasteiger partial charge in [0.15, 0.2) is 12.0 Å². The molecule has 2 aromatic heterocycles. The molecule has 0 spiro atoms. The lowest BCUT2D eigenvalue weighted by Gasteiger charge is -2.29. The molecule has 0 saturated carbocycles. The fourth-order valence-corrected chi connectivity index (χ4v) is 3.79. The minimum Gasteiger partial charge on any atom is -0.345 e. The van der Waals surface area contributed by atoms with Crippen LogP contribution < -0.4 is 5.32 Å². The van der Waals surface area contributed by atoms with E-state index in [1.165, 1.54) is 29.6 Å². The zero-order valence-electron chi connectivity index (χ0n) is 17.1. The molecule has 8 nitrogen and oxygen atoms in total. The number of nitrogens with one attached hydrogen (secondary N) is 1. The third-order valence-corrected chi connectivity index (χ3v) is 5.44. The lowest BCUT2D eigenvalue weighted by atomic mass is 10.1. The van der Waals surface area contributed by atoms with Gasteiger partial charge in [0, 0.05) is 45.0 Å². The molecule has 1 N–H and O–H groups in total. The van der Waals surface area contributed by atoms with Crippen molar-refractivity contribution >= 4 is 28.4 Å². The molecule has 0 atom stereocenters. The van der Waals surface area contributed by atoms with Gasteiger partial charge < -0.3 is 19.7 Å². The minimum absolute atomic E-state index is 0.00687. The van der Waals surface area contributed by atoms with Crippen LogP contribution >= 0.6 is 0 Å². The van der Waals surface area contributed by atoms with Crippen molar-refractivity contribution in [2.24, 2.45) is 0 Å². The Bertz CT molecular complexity index is 1180. The van der Waals surface area contributed by atoms with E-state index < -0.39 is 11.6 Å². The lowest BCUT2D eigenvalue weighted by Crippen LogP contribution is -2.31. The highest BCUT2D eigenvalue weighted by molar-refractivity contribution is 5.95. The molecule has 0 bridgehead atoms. The Hall–Kier alpha value is -3.74. The first-order valence-electron chi connectivity index (χ1n) is 9.83. The van der Waals surface area contributed by atoms with Crippen LogP contribution in [0.15, 0.2) is 30.7 Å². The molecule has 4 rings (SSSR count). The van der Waals surface area contributed by atoms with E-state index in [0.29, 0.717) is 31.6 Å². The molecule has 31 heavy (non-hydrogen) atoms. The number of hydrogen-bond donors (Lipinski definition) is 1. The maximum Gasteiger partial charge on any atom is 0.253 e. The normalized spacial score (nSPS) is 14.5. The van der Waals surface area contributed by atoms with Crippen LogP contribution in [0, 0.1) is 23.1 Å². The van der Waals surface area contributed by atoms with Gasteiger partial charge in [0.05, 0.1) is 11.1 Å². The second-order valence-electron chi connectivity index (χ2n) is 7.64. The summed E-state index contributed by atoms with van der Waals surface area (Å²) in [5, 5.41) is 12.0. The number of rotatable bonds is 4. The van der Waals surface area contributed by atoms with Crippen LogP contribution in [0.2, 0.25) is 0 Å². The average Bonchev–Trinajstić information content (AvgIpc) is 3.12. The Morgan fingerprint density at radius 1 is 1.23 bits per heavy atom. The van der Waals surface area contributed by atoms with Crippen LogP contribution in [-0.2, 0) is 0 Å². The van der Waals surface area contributed by atoms with Crippen molar-refractivity contribution in [3.05, 3.63) is 47.9 Å². The fraction of sp³-hybridized carbons (Fsp3) is 0.333. The summed E-state index contributed by atoms with van der Waals surface area (Å²) in [7, 11) is 3.17. The zero-order valence-corrected chi connectivity index (χ0v) is 17.1. The number of likely N-dealkylation sites (tertiary alicyclic amines) is 1. The summed E-state index contributed by atoms with van der Waals surface area (Å²) in [4.78, 5) is 23.4. The number of piperidine rings is 1. The van der Waals surface area contributed by atoms with E-state index in [9.17, 15) is 13.6 Å². The number of fused-ring (bicyclic) bond motifs is 1. The van der Waals surface area contributed by atoms with Gasteiger partial charge in [-0.05, 0) is 31.0 Å². The van der Waals surface area contributed by atoms with Gasteiger partial charge in [0.2, 0.25) is 0 Å². The predicted octanol–water partition coefficient (Wildman–Crippen LogP) is 3.27. The number of halogens is 2. The Labute approximate surface area is 177 Å². The minimum atomic E-state index is -0.650. The topological polar surface area (TPSA) is 90.1 Å². The van der Waals surface area contributed by atoms with Crippen molar-refractivity contribution in [1.29, 1.82) is 5.26 Å². The number of aromatic nitrogens is 3. The molecule has 1 aromatic carbocycles. The second-order valence-corrected chi connectivity index (χ2v) is 7.64. The van der Waals surface area contributed by atoms with Crippen molar-refractivity contribution in [1.82, 2.24) is 24.3 Å². The first-order chi connectivity index (χ1) is 14.9. The number of anilines is 2. The van der Waals surface area contributed by atoms with Crippen molar-refractivity contribution in [3.63, 3.8) is 0 Å². The van der Waals surface area contributed by atoms with Crippen LogP contribution in [0.1, 0.15) is 29.2 Å². The molecule has 160 valence electrons. The summed E-state index contributed by atoms with van der Waals surface area (Å²) < 4.78 is 31.3. The molecule has 0 unspecified atom stereocenters. The number of amides is 1. The monoisotopic (exact) mass is 425 g/mol. The summed E-state index contributed by atoms with van der Waals surface area (Å²) in [6, 6.07) is 4.06. The Kier molecular flexibility index (Phi) is 5.42. The largest absolute Gasteiger partial charge is 0.345 e. The van der Waals surface area contributed by atoms with Crippen molar-refractivity contribution < 1.29 is 13.6 Å². The summed E-state index contributed by atoms with van der Waals surface area (Å²) >= 11 is 0. The van der Waals surface area contributed by atoms with E-state index >= 15 is 0 Å². The highest BCUT2D eigenvalue weighted by atomic mass is 19.1. The van der Waals surface area contributed by atoms with Gasteiger partial charge in [-0.25, -0.2) is 18.7 Å². The highest BCUT2D eigenvalue weighted by Gasteiger charge is 2.24. The van der Waals surface area contributed by atoms with Gasteiger partial charge in [0.1, 0.15) is 23.6 Å². The molecule has 1 fully saturated rings. The Balaban J connectivity index is 1.65. The van der Waals surface area contributed by atoms with E-state index in [1.807, 2.05) is 0 Å². The Morgan fingerprint density at radius 3 is 2.61 bits per heavy atom. The highest BCUT2D eigenvalue weighted by Crippen LogP contribution is 2.32. The number of carbonyl (C=O) groups excluding carboxylic acids is 1. The SMILES string of the molecule is CN(C)C(=O)c1ccc(Nc2ncnc3c2c(F)cn3C2CCN(C#N)CC2)c(F)c1. The summed E-state index contributed by atoms with van der Waals surface area (Å²) in [5.41, 5.74) is 0.692. The molecular weight excluding hydrogens is 404 g/mol. The van der Waals surface area contributed by atoms with Gasteiger partial charge in [-0.1, -0.05) is 0 Å². The third kappa shape index (κ3) is 3.86. The molecule has 3 heterocycles. The van der Waals surface area contributed by atoms with Crippen LogP contribution in [0.3, 0.4) is 0 Å². The van der Waals surface area contributed by atoms with Crippen molar-refractivity contribution in [3.8, 4) is 6.19 Å². The second kappa shape index (κ2) is 8.18. The van der Waals surface area contributed by atoms with E-state index in [0.717, 1.165) is 6.07 Å². The molecule has 0 aliphatic carbocycles. The van der Waals surface area contributed by atoms with Gasteiger partial charge >= 0.3 is 0 Å². The number of benzene rings is 1. The number of nitrogens with zero attached hydrogens (tertiary/aromatic N) is 6. The fourth-order valence-electron chi connectivity index (χ4n) is 3.79. The van der Waals surface area contributed by atoms with Gasteiger partial charge in [-0.3, -0.25) is 4.79 Å². The lowest BCUT2D eigenvalue weighted by molar-refractivity contribution is 0.0827. The molecule has 0 radical (unpaired) electrons. The molecule has 1 aliphatic rings. The Morgan fingerprint density at radius 2 is 1.97 bits per heavy atom. The number of nitriles is 1. The smallest absolute Gasteiger partial charge is 0.253 e. The molecule has 1 amide bonds. The van der Waals surface area contributed by atoms with Crippen molar-refractivity contribution in [2.75, 3.05) is 32.5 Å². The van der Waals surface area contributed by atoms with Gasteiger partial charge in [-0.2, -0.15) is 5.26 Å². The predicted molar refractivity (Wildman–Crippen MR) is 111 cm³/mol. The number of carbonyl (C=O) groups is 1. The van der Waals surface area contributed by atoms with Crippen LogP contribution in [0.4, 0.5) is 20.3 Å². The van der Waals surface area contributed by atoms with E-state index in [-0.39, 0.29) is 34.4 Å². The van der Waals surface area contributed by atoms with Crippen LogP contribution in [0.25, 0.3) is 11.0 Å². The van der Waals surface area contributed by atoms with Crippen molar-refractivity contribution in [2.45, 2.75) is 18.9 Å². The maximum absolute atomic E-state index is 14.9. The molecular formula is C21H21F2N7O. The van der Waals surface area contributed by atoms with E-state index in [4.69, 9.17) is 5.26 Å². The standard InChI is InChI=1S/C21H21F2N7O/c1-28(2)21(31)13-3-4-17(15(22)9-13)27-19-18-16(23)10-30(20(18)26-12-25-19)14-5-7-29(11-24)8-6-14/h3-4,9-10,12,14H,5-8H2,1-2H3,(H,25,26,27). The molecule has 1 aliphatic heterocycles. The van der Waals surface area contributed by atoms with Crippen LogP contribution in [-0.4, -0.2) is 57.4 Å². The zero-order chi connectivity index (χ0) is 22.1. The van der Waals surface area contributed by atoms with Crippen LogP contribution in [0.5, 0.6) is 0 Å². The quantitative estimate of drug-likeness (QED) is 0.646. The van der Waals surface area contributed by atoms with E-state index in [2.05, 4.69) is 21.5 Å². The van der Waals surface area contributed by atoms with E-state index in [1.54, 1.807) is 23.6 Å². The maximum atomic E-state index is 14.9. The molecule has 10 heteroatoms. The summed E-state index contributed by atoms with van der Waals surface area (Å²) in [5.74, 6) is -1.34. The third-order valence-electron chi connectivity index (χ3n) is 5.44. The first-order valence-corrected chi connectivity index (χ1v) is 9.83. The van der Waals surface area contributed by atoms with Gasteiger partial charge in [-0.15, -0.1) is 0 Å². The summed E-state index contributed by atoms with van der Waals surface area (Å²) in [6.07, 6.45) is 6.20. The number of hydrogen-bond acceptors (Lipinski definition) is 6. The average molecular weight is 425 g/mol.